The smallest absolute Gasteiger partial charge is 0.338 e. The highest BCUT2D eigenvalue weighted by Crippen LogP contribution is 2.38. The largest absolute Gasteiger partial charge is 0.746 e. The Labute approximate surface area is 207 Å². The van der Waals surface area contributed by atoms with Crippen LogP contribution in [0.25, 0.3) is 0 Å². The molecule has 34 heavy (non-hydrogen) atoms. The van der Waals surface area contributed by atoms with E-state index in [0.717, 1.165) is 6.42 Å². The third kappa shape index (κ3) is 25.2. The summed E-state index contributed by atoms with van der Waals surface area (Å²) in [6, 6.07) is 0. The molecule has 200 valence electrons. The summed E-state index contributed by atoms with van der Waals surface area (Å²) < 4.78 is 25.4. The summed E-state index contributed by atoms with van der Waals surface area (Å²) >= 11 is 0. The zero-order valence-electron chi connectivity index (χ0n) is 22.4. The van der Waals surface area contributed by atoms with Gasteiger partial charge >= 0.3 is 19.8 Å². The number of carbonyl (C=O) groups excluding carboxylic acids is 2. The molecule has 0 aromatic carbocycles. The Bertz CT molecular complexity index is 656. The first-order chi connectivity index (χ1) is 15.7. The fourth-order valence-electron chi connectivity index (χ4n) is 2.51. The van der Waals surface area contributed by atoms with Crippen molar-refractivity contribution >= 4 is 19.8 Å². The van der Waals surface area contributed by atoms with Gasteiger partial charge in [0.25, 0.3) is 0 Å². The van der Waals surface area contributed by atoms with Gasteiger partial charge in [0.1, 0.15) is 13.2 Å². The molecule has 9 heteroatoms. The Morgan fingerprint density at radius 2 is 1.24 bits per heavy atom. The lowest BCUT2D eigenvalue weighted by Crippen LogP contribution is -2.37. The standard InChI is InChI=1S/C16H30O2.C9H18NO5P/c1-4-5-6-7-8-9-10-11-12-13-14-18-16(17)15(2)3;1-8(2)9(11)15-16(12,13)14-7-6-10(3,4)5/h2,4-14H2,1,3H3;1,6-7H2,2-5H3. The summed E-state index contributed by atoms with van der Waals surface area (Å²) in [7, 11) is 1.10. The summed E-state index contributed by atoms with van der Waals surface area (Å²) in [6.07, 6.45) is 13.0. The van der Waals surface area contributed by atoms with Crippen LogP contribution in [-0.4, -0.2) is 57.3 Å². The van der Waals surface area contributed by atoms with E-state index >= 15 is 0 Å². The number of likely N-dealkylation sites (N-methyl/N-ethyl adjacent to an activating group) is 1. The molecule has 0 aliphatic carbocycles. The molecule has 0 fully saturated rings. The molecular weight excluding hydrogens is 457 g/mol. The molecule has 0 radical (unpaired) electrons. The third-order valence-corrected chi connectivity index (χ3v) is 5.52. The minimum absolute atomic E-state index is 0.00581. The lowest BCUT2D eigenvalue weighted by Gasteiger charge is -2.26. The molecule has 0 N–H and O–H groups in total. The monoisotopic (exact) mass is 505 g/mol. The molecule has 0 spiro atoms. The second-order valence-corrected chi connectivity index (χ2v) is 10.9. The second kappa shape index (κ2) is 19.8. The molecule has 8 nitrogen and oxygen atoms in total. The molecule has 0 aromatic rings. The van der Waals surface area contributed by atoms with E-state index in [0.29, 0.717) is 23.2 Å². The molecule has 1 atom stereocenters. The van der Waals surface area contributed by atoms with Gasteiger partial charge in [-0.3, -0.25) is 4.57 Å². The highest BCUT2D eigenvalue weighted by molar-refractivity contribution is 7.46. The van der Waals surface area contributed by atoms with E-state index < -0.39 is 13.8 Å². The zero-order chi connectivity index (χ0) is 26.6. The molecule has 0 aliphatic rings. The first kappa shape index (κ1) is 34.7. The van der Waals surface area contributed by atoms with Gasteiger partial charge < -0.3 is 23.2 Å². The van der Waals surface area contributed by atoms with E-state index in [4.69, 9.17) is 4.74 Å². The van der Waals surface area contributed by atoms with Crippen LogP contribution in [0, 0.1) is 0 Å². The van der Waals surface area contributed by atoms with Crippen molar-refractivity contribution < 1.29 is 37.3 Å². The summed E-state index contributed by atoms with van der Waals surface area (Å²) in [4.78, 5) is 33.2. The Hall–Kier alpha value is -1.47. The molecule has 0 aliphatic heterocycles. The van der Waals surface area contributed by atoms with Crippen molar-refractivity contribution in [3.8, 4) is 0 Å². The summed E-state index contributed by atoms with van der Waals surface area (Å²) in [5.41, 5.74) is 0.494. The van der Waals surface area contributed by atoms with E-state index in [1.165, 1.54) is 64.7 Å². The number of ether oxygens (including phenoxy) is 1. The van der Waals surface area contributed by atoms with Crippen molar-refractivity contribution in [1.29, 1.82) is 0 Å². The first-order valence-electron chi connectivity index (χ1n) is 12.2. The topological polar surface area (TPSA) is 102 Å². The fourth-order valence-corrected chi connectivity index (χ4v) is 3.23. The molecule has 0 heterocycles. The maximum Gasteiger partial charge on any atom is 0.338 e. The highest BCUT2D eigenvalue weighted by atomic mass is 31.2. The Balaban J connectivity index is 0. The molecule has 0 aromatic heterocycles. The fraction of sp³-hybridized carbons (Fsp3) is 0.760. The van der Waals surface area contributed by atoms with Crippen molar-refractivity contribution in [2.75, 3.05) is 40.9 Å². The van der Waals surface area contributed by atoms with Crippen LogP contribution in [0.15, 0.2) is 24.3 Å². The third-order valence-electron chi connectivity index (χ3n) is 4.63. The Kier molecular flexibility index (Phi) is 20.2. The van der Waals surface area contributed by atoms with Gasteiger partial charge in [-0.25, -0.2) is 9.59 Å². The van der Waals surface area contributed by atoms with Crippen LogP contribution in [0.2, 0.25) is 0 Å². The normalized spacial score (nSPS) is 12.7. The van der Waals surface area contributed by atoms with Crippen LogP contribution in [0.5, 0.6) is 0 Å². The average molecular weight is 506 g/mol. The van der Waals surface area contributed by atoms with E-state index in [-0.39, 0.29) is 18.1 Å². The van der Waals surface area contributed by atoms with Crippen molar-refractivity contribution in [2.45, 2.75) is 85.0 Å². The molecule has 0 saturated carbocycles. The molecule has 0 rings (SSSR count). The summed E-state index contributed by atoms with van der Waals surface area (Å²) in [6.45, 7) is 13.1. The van der Waals surface area contributed by atoms with Crippen molar-refractivity contribution in [1.82, 2.24) is 0 Å². The number of phosphoric acid groups is 1. The van der Waals surface area contributed by atoms with Crippen LogP contribution >= 0.6 is 7.82 Å². The maximum absolute atomic E-state index is 11.1. The van der Waals surface area contributed by atoms with Crippen LogP contribution in [-0.2, 0) is 27.9 Å². The summed E-state index contributed by atoms with van der Waals surface area (Å²) in [5.74, 6) is -1.26. The van der Waals surface area contributed by atoms with Gasteiger partial charge in [-0.2, -0.15) is 0 Å². The predicted molar refractivity (Wildman–Crippen MR) is 135 cm³/mol. The number of carbonyl (C=O) groups is 2. The molecule has 1 unspecified atom stereocenters. The minimum atomic E-state index is -4.56. The van der Waals surface area contributed by atoms with Crippen LogP contribution in [0.3, 0.4) is 0 Å². The lowest BCUT2D eigenvalue weighted by molar-refractivity contribution is -0.870. The zero-order valence-corrected chi connectivity index (χ0v) is 23.3. The van der Waals surface area contributed by atoms with Crippen LogP contribution < -0.4 is 4.89 Å². The number of rotatable bonds is 18. The average Bonchev–Trinajstić information content (AvgIpc) is 2.70. The number of esters is 1. The number of nitrogens with zero attached hydrogens (tertiary/aromatic N) is 1. The van der Waals surface area contributed by atoms with E-state index in [1.807, 2.05) is 21.1 Å². The molecule has 0 bridgehead atoms. The van der Waals surface area contributed by atoms with Crippen LogP contribution in [0.1, 0.15) is 85.0 Å². The van der Waals surface area contributed by atoms with Crippen molar-refractivity contribution in [3.63, 3.8) is 0 Å². The van der Waals surface area contributed by atoms with Gasteiger partial charge in [0, 0.05) is 11.1 Å². The number of unbranched alkanes of at least 4 members (excludes halogenated alkanes) is 9. The SMILES string of the molecule is C=C(C)C(=O)OCCCCCCCCCCCC.C=C(C)C(=O)OP(=O)([O-])OCC[N+](C)(C)C. The molecule has 0 saturated heterocycles. The van der Waals surface area contributed by atoms with E-state index in [2.05, 4.69) is 29.1 Å². The highest BCUT2D eigenvalue weighted by Gasteiger charge is 2.17. The number of quaternary nitrogens is 1. The van der Waals surface area contributed by atoms with Gasteiger partial charge in [0.2, 0.25) is 0 Å². The summed E-state index contributed by atoms with van der Waals surface area (Å²) in [5, 5.41) is 0. The van der Waals surface area contributed by atoms with Gasteiger partial charge in [0.05, 0.1) is 27.7 Å². The van der Waals surface area contributed by atoms with E-state index in [1.54, 1.807) is 6.92 Å². The maximum atomic E-state index is 11.1. The van der Waals surface area contributed by atoms with Gasteiger partial charge in [0.15, 0.2) is 0 Å². The number of phosphoric ester groups is 1. The van der Waals surface area contributed by atoms with Gasteiger partial charge in [-0.1, -0.05) is 77.9 Å². The van der Waals surface area contributed by atoms with Gasteiger partial charge in [-0.15, -0.1) is 0 Å². The lowest BCUT2D eigenvalue weighted by atomic mass is 10.1. The predicted octanol–water partition coefficient (Wildman–Crippen LogP) is 5.32. The van der Waals surface area contributed by atoms with Crippen molar-refractivity contribution in [2.24, 2.45) is 0 Å². The second-order valence-electron chi connectivity index (χ2n) is 9.55. The molecule has 0 amide bonds. The minimum Gasteiger partial charge on any atom is -0.746 e. The number of hydrogen-bond donors (Lipinski definition) is 0. The Morgan fingerprint density at radius 3 is 1.65 bits per heavy atom. The Morgan fingerprint density at radius 1 is 0.794 bits per heavy atom. The van der Waals surface area contributed by atoms with Crippen LogP contribution in [0.4, 0.5) is 0 Å². The molecular formula is C25H48NO7P. The first-order valence-corrected chi connectivity index (χ1v) is 13.7. The van der Waals surface area contributed by atoms with Gasteiger partial charge in [-0.05, 0) is 20.3 Å². The van der Waals surface area contributed by atoms with Crippen molar-refractivity contribution in [3.05, 3.63) is 24.3 Å². The van der Waals surface area contributed by atoms with E-state index in [9.17, 15) is 19.0 Å². The number of hydrogen-bond acceptors (Lipinski definition) is 7. The quantitative estimate of drug-likeness (QED) is 0.0816.